The zero-order chi connectivity index (χ0) is 16.2. The number of Topliss-reactive ketones (excluding diaryl/α,β-unsaturated/α-hetero) is 1. The van der Waals surface area contributed by atoms with Gasteiger partial charge in [-0.1, -0.05) is 27.2 Å². The van der Waals surface area contributed by atoms with Crippen LogP contribution < -0.4 is 0 Å². The van der Waals surface area contributed by atoms with Crippen LogP contribution in [0.2, 0.25) is 0 Å². The van der Waals surface area contributed by atoms with Crippen LogP contribution in [0.5, 0.6) is 0 Å². The van der Waals surface area contributed by atoms with Gasteiger partial charge in [0.05, 0.1) is 6.61 Å². The maximum atomic E-state index is 12.4. The largest absolute Gasteiger partial charge is 0.435 e. The molecule has 2 fully saturated rings. The van der Waals surface area contributed by atoms with E-state index in [9.17, 15) is 9.59 Å². The van der Waals surface area contributed by atoms with E-state index < -0.39 is 12.3 Å². The first-order chi connectivity index (χ1) is 10.4. The summed E-state index contributed by atoms with van der Waals surface area (Å²) in [5.41, 5.74) is 0.217. The second kappa shape index (κ2) is 7.58. The molecule has 2 aliphatic rings. The third-order valence-corrected chi connectivity index (χ3v) is 5.58. The highest BCUT2D eigenvalue weighted by atomic mass is 16.7. The van der Waals surface area contributed by atoms with Crippen LogP contribution >= 0.6 is 0 Å². The van der Waals surface area contributed by atoms with Gasteiger partial charge in [0, 0.05) is 12.3 Å². The van der Waals surface area contributed by atoms with Gasteiger partial charge in [-0.15, -0.1) is 0 Å². The molecule has 4 heteroatoms. The van der Waals surface area contributed by atoms with Gasteiger partial charge in [0.15, 0.2) is 0 Å². The summed E-state index contributed by atoms with van der Waals surface area (Å²) in [6.07, 6.45) is 6.30. The second-order valence-electron chi connectivity index (χ2n) is 7.53. The Morgan fingerprint density at radius 2 is 2.00 bits per heavy atom. The predicted molar refractivity (Wildman–Crippen MR) is 84.2 cm³/mol. The van der Waals surface area contributed by atoms with Crippen molar-refractivity contribution >= 4 is 11.8 Å². The molecule has 22 heavy (non-hydrogen) atoms. The van der Waals surface area contributed by atoms with Gasteiger partial charge < -0.3 is 9.47 Å². The molecular formula is C18H30O4. The van der Waals surface area contributed by atoms with Crippen LogP contribution in [0.1, 0.15) is 72.1 Å². The van der Waals surface area contributed by atoms with Crippen LogP contribution in [0, 0.1) is 17.3 Å². The highest BCUT2D eigenvalue weighted by Crippen LogP contribution is 2.44. The van der Waals surface area contributed by atoms with E-state index in [1.807, 2.05) is 0 Å². The molecule has 1 saturated carbocycles. The third-order valence-electron chi connectivity index (χ3n) is 5.58. The van der Waals surface area contributed by atoms with E-state index in [-0.39, 0.29) is 23.5 Å². The monoisotopic (exact) mass is 310 g/mol. The average molecular weight is 310 g/mol. The lowest BCUT2D eigenvalue weighted by atomic mass is 9.64. The van der Waals surface area contributed by atoms with Crippen molar-refractivity contribution < 1.29 is 19.1 Å². The van der Waals surface area contributed by atoms with Crippen LogP contribution in [-0.4, -0.2) is 24.6 Å². The summed E-state index contributed by atoms with van der Waals surface area (Å²) in [6.45, 7) is 7.36. The highest BCUT2D eigenvalue weighted by molar-refractivity contribution is 5.96. The van der Waals surface area contributed by atoms with Crippen molar-refractivity contribution in [2.24, 2.45) is 17.3 Å². The number of carbonyl (C=O) groups is 2. The van der Waals surface area contributed by atoms with Crippen molar-refractivity contribution in [3.05, 3.63) is 0 Å². The fourth-order valence-corrected chi connectivity index (χ4v) is 3.60. The van der Waals surface area contributed by atoms with Gasteiger partial charge in [-0.2, -0.15) is 0 Å². The van der Waals surface area contributed by atoms with Crippen molar-refractivity contribution in [1.82, 2.24) is 0 Å². The minimum Gasteiger partial charge on any atom is -0.435 e. The Morgan fingerprint density at radius 3 is 2.64 bits per heavy atom. The standard InChI is InChI=1S/C18H30O4/c1-13(2)18(3)9-6-7-14(12-18)15(19)11-16(20)22-17-8-4-5-10-21-17/h13-14,17H,4-12H2,1-3H3. The van der Waals surface area contributed by atoms with Gasteiger partial charge in [0.25, 0.3) is 0 Å². The molecule has 3 atom stereocenters. The maximum Gasteiger partial charge on any atom is 0.315 e. The number of hydrogen-bond acceptors (Lipinski definition) is 4. The molecule has 0 aromatic heterocycles. The van der Waals surface area contributed by atoms with E-state index in [1.54, 1.807) is 0 Å². The summed E-state index contributed by atoms with van der Waals surface area (Å²) in [6, 6.07) is 0. The predicted octanol–water partition coefficient (Wildman–Crippen LogP) is 3.87. The van der Waals surface area contributed by atoms with Gasteiger partial charge in [-0.25, -0.2) is 0 Å². The molecular weight excluding hydrogens is 280 g/mol. The first kappa shape index (κ1) is 17.5. The smallest absolute Gasteiger partial charge is 0.315 e. The topological polar surface area (TPSA) is 52.6 Å². The van der Waals surface area contributed by atoms with Gasteiger partial charge in [0.2, 0.25) is 6.29 Å². The van der Waals surface area contributed by atoms with Crippen LogP contribution in [0.3, 0.4) is 0 Å². The molecule has 0 N–H and O–H groups in total. The summed E-state index contributed by atoms with van der Waals surface area (Å²) < 4.78 is 10.7. The van der Waals surface area contributed by atoms with Crippen molar-refractivity contribution in [2.75, 3.05) is 6.61 Å². The Labute approximate surface area is 133 Å². The molecule has 0 amide bonds. The molecule has 1 aliphatic heterocycles. The van der Waals surface area contributed by atoms with Crippen LogP contribution in [0.15, 0.2) is 0 Å². The summed E-state index contributed by atoms with van der Waals surface area (Å²) >= 11 is 0. The van der Waals surface area contributed by atoms with Crippen molar-refractivity contribution in [3.8, 4) is 0 Å². The molecule has 2 rings (SSSR count). The number of carbonyl (C=O) groups excluding carboxylic acids is 2. The average Bonchev–Trinajstić information content (AvgIpc) is 2.48. The molecule has 4 nitrogen and oxygen atoms in total. The summed E-state index contributed by atoms with van der Waals surface area (Å²) in [5.74, 6) is 0.202. The lowest BCUT2D eigenvalue weighted by Crippen LogP contribution is -2.35. The van der Waals surface area contributed by atoms with Gasteiger partial charge in [-0.05, 0) is 43.4 Å². The van der Waals surface area contributed by atoms with E-state index in [1.165, 1.54) is 6.42 Å². The fraction of sp³-hybridized carbons (Fsp3) is 0.889. The van der Waals surface area contributed by atoms with Crippen LogP contribution in [0.25, 0.3) is 0 Å². The number of esters is 1. The highest BCUT2D eigenvalue weighted by Gasteiger charge is 2.37. The zero-order valence-electron chi connectivity index (χ0n) is 14.2. The zero-order valence-corrected chi connectivity index (χ0v) is 14.2. The molecule has 1 heterocycles. The minimum absolute atomic E-state index is 0.0148. The second-order valence-corrected chi connectivity index (χ2v) is 7.53. The summed E-state index contributed by atoms with van der Waals surface area (Å²) in [7, 11) is 0. The fourth-order valence-electron chi connectivity index (χ4n) is 3.60. The van der Waals surface area contributed by atoms with Crippen LogP contribution in [-0.2, 0) is 19.1 Å². The Bertz CT molecular complexity index is 398. The Hall–Kier alpha value is -0.900. The van der Waals surface area contributed by atoms with E-state index in [0.717, 1.165) is 38.5 Å². The molecule has 3 unspecified atom stereocenters. The Kier molecular flexibility index (Phi) is 6.01. The molecule has 1 saturated heterocycles. The summed E-state index contributed by atoms with van der Waals surface area (Å²) in [4.78, 5) is 24.4. The first-order valence-electron chi connectivity index (χ1n) is 8.74. The van der Waals surface area contributed by atoms with E-state index in [2.05, 4.69) is 20.8 Å². The lowest BCUT2D eigenvalue weighted by Gasteiger charge is -2.41. The minimum atomic E-state index is -0.443. The third kappa shape index (κ3) is 4.55. The Morgan fingerprint density at radius 1 is 1.23 bits per heavy atom. The summed E-state index contributed by atoms with van der Waals surface area (Å²) in [5, 5.41) is 0. The van der Waals surface area contributed by atoms with Gasteiger partial charge in [0.1, 0.15) is 12.2 Å². The number of hydrogen-bond donors (Lipinski definition) is 0. The van der Waals surface area contributed by atoms with Crippen molar-refractivity contribution in [2.45, 2.75) is 78.4 Å². The molecule has 0 aromatic rings. The molecule has 126 valence electrons. The number of ether oxygens (including phenoxy) is 2. The molecule has 0 bridgehead atoms. The molecule has 0 spiro atoms. The van der Waals surface area contributed by atoms with Crippen LogP contribution in [0.4, 0.5) is 0 Å². The maximum absolute atomic E-state index is 12.4. The number of ketones is 1. The SMILES string of the molecule is CC(C)C1(C)CCCC(C(=O)CC(=O)OC2CCCCO2)C1. The van der Waals surface area contributed by atoms with E-state index >= 15 is 0 Å². The molecule has 0 radical (unpaired) electrons. The Balaban J connectivity index is 1.82. The van der Waals surface area contributed by atoms with Crippen molar-refractivity contribution in [1.29, 1.82) is 0 Å². The molecule has 1 aliphatic carbocycles. The first-order valence-corrected chi connectivity index (χ1v) is 8.74. The lowest BCUT2D eigenvalue weighted by molar-refractivity contribution is -0.187. The molecule has 0 aromatic carbocycles. The van der Waals surface area contributed by atoms with Crippen molar-refractivity contribution in [3.63, 3.8) is 0 Å². The quantitative estimate of drug-likeness (QED) is 0.571. The van der Waals surface area contributed by atoms with Gasteiger partial charge in [-0.3, -0.25) is 9.59 Å². The normalized spacial score (nSPS) is 32.7. The van der Waals surface area contributed by atoms with E-state index in [0.29, 0.717) is 12.5 Å². The number of rotatable bonds is 5. The van der Waals surface area contributed by atoms with Gasteiger partial charge >= 0.3 is 5.97 Å². The van der Waals surface area contributed by atoms with E-state index in [4.69, 9.17) is 9.47 Å².